The van der Waals surface area contributed by atoms with Gasteiger partial charge in [0.25, 0.3) is 0 Å². The fraction of sp³-hybridized carbons (Fsp3) is 1.00. The molecule has 0 aromatic heterocycles. The van der Waals surface area contributed by atoms with Gasteiger partial charge >= 0.3 is 0 Å². The highest BCUT2D eigenvalue weighted by Gasteiger charge is 2.17. The van der Waals surface area contributed by atoms with E-state index in [2.05, 4.69) is 19.6 Å². The molecule has 1 heterocycles. The second-order valence-electron chi connectivity index (χ2n) is 2.38. The van der Waals surface area contributed by atoms with Crippen LogP contribution in [0.15, 0.2) is 0 Å². The van der Waals surface area contributed by atoms with Crippen molar-refractivity contribution in [2.45, 2.75) is 25.2 Å². The molecule has 1 unspecified atom stereocenters. The minimum atomic E-state index is 0.198. The molecule has 1 aliphatic rings. The molecule has 0 aromatic carbocycles. The lowest BCUT2D eigenvalue weighted by atomic mass is 10.1. The first-order valence-electron chi connectivity index (χ1n) is 3.10. The first kappa shape index (κ1) is 6.43. The van der Waals surface area contributed by atoms with Gasteiger partial charge in [-0.25, -0.2) is 0 Å². The first-order chi connectivity index (χ1) is 3.80. The van der Waals surface area contributed by atoms with Crippen LogP contribution in [0.25, 0.3) is 0 Å². The van der Waals surface area contributed by atoms with Crippen LogP contribution in [0.3, 0.4) is 0 Å². The Morgan fingerprint density at radius 1 is 1.62 bits per heavy atom. The highest BCUT2D eigenvalue weighted by Crippen LogP contribution is 2.21. The van der Waals surface area contributed by atoms with E-state index in [4.69, 9.17) is 4.74 Å². The average Bonchev–Trinajstić information content (AvgIpc) is 1.77. The monoisotopic (exact) mass is 132 g/mol. The molecule has 1 saturated heterocycles. The van der Waals surface area contributed by atoms with E-state index in [9.17, 15) is 0 Å². The van der Waals surface area contributed by atoms with Crippen molar-refractivity contribution in [3.05, 3.63) is 0 Å². The molecule has 0 radical (unpaired) electrons. The first-order valence-corrected chi connectivity index (χ1v) is 3.62. The fourth-order valence-electron chi connectivity index (χ4n) is 0.916. The third kappa shape index (κ3) is 1.39. The molecule has 8 heavy (non-hydrogen) atoms. The molecule has 2 atom stereocenters. The van der Waals surface area contributed by atoms with Crippen molar-refractivity contribution in [1.29, 1.82) is 0 Å². The third-order valence-corrected chi connectivity index (χ3v) is 2.24. The lowest BCUT2D eigenvalue weighted by Gasteiger charge is -2.24. The van der Waals surface area contributed by atoms with Gasteiger partial charge < -0.3 is 4.74 Å². The van der Waals surface area contributed by atoms with Gasteiger partial charge in [-0.2, -0.15) is 0 Å². The number of ether oxygens (including phenoxy) is 1. The summed E-state index contributed by atoms with van der Waals surface area (Å²) in [7, 11) is 0. The second-order valence-corrected chi connectivity index (χ2v) is 2.89. The summed E-state index contributed by atoms with van der Waals surface area (Å²) in [6.07, 6.45) is 2.48. The summed E-state index contributed by atoms with van der Waals surface area (Å²) in [5.74, 6) is 0.645. The number of thiol groups is 1. The van der Waals surface area contributed by atoms with E-state index < -0.39 is 0 Å². The highest BCUT2D eigenvalue weighted by molar-refractivity contribution is 7.80. The topological polar surface area (TPSA) is 9.23 Å². The van der Waals surface area contributed by atoms with Crippen molar-refractivity contribution in [2.24, 2.45) is 5.92 Å². The van der Waals surface area contributed by atoms with Gasteiger partial charge in [0.2, 0.25) is 0 Å². The molecular weight excluding hydrogens is 120 g/mol. The molecule has 2 heteroatoms. The van der Waals surface area contributed by atoms with Gasteiger partial charge in [-0.1, -0.05) is 6.92 Å². The van der Waals surface area contributed by atoms with Crippen LogP contribution in [0.5, 0.6) is 0 Å². The van der Waals surface area contributed by atoms with Crippen LogP contribution < -0.4 is 0 Å². The van der Waals surface area contributed by atoms with Crippen LogP contribution >= 0.6 is 12.6 Å². The quantitative estimate of drug-likeness (QED) is 0.493. The summed E-state index contributed by atoms with van der Waals surface area (Å²) in [4.78, 5) is 0. The smallest absolute Gasteiger partial charge is 0.102 e. The van der Waals surface area contributed by atoms with Gasteiger partial charge in [-0.05, 0) is 18.8 Å². The Morgan fingerprint density at radius 3 is 2.75 bits per heavy atom. The van der Waals surface area contributed by atoms with Gasteiger partial charge in [0, 0.05) is 6.61 Å². The standard InChI is InChI=1S/C6H12OS/c1-5-3-2-4-7-6(5)8/h5-6,8H,2-4H2,1H3/t5-,6?/m0/s1. The Labute approximate surface area is 55.8 Å². The van der Waals surface area contributed by atoms with Gasteiger partial charge in [0.15, 0.2) is 0 Å². The van der Waals surface area contributed by atoms with Crippen molar-refractivity contribution >= 4 is 12.6 Å². The van der Waals surface area contributed by atoms with Crippen molar-refractivity contribution in [2.75, 3.05) is 6.61 Å². The second kappa shape index (κ2) is 2.74. The molecular formula is C6H12OS. The van der Waals surface area contributed by atoms with E-state index in [0.717, 1.165) is 6.61 Å². The summed E-state index contributed by atoms with van der Waals surface area (Å²) in [6.45, 7) is 3.08. The third-order valence-electron chi connectivity index (χ3n) is 1.58. The van der Waals surface area contributed by atoms with Crippen LogP contribution in [0.4, 0.5) is 0 Å². The maximum Gasteiger partial charge on any atom is 0.102 e. The van der Waals surface area contributed by atoms with E-state index in [0.29, 0.717) is 5.92 Å². The van der Waals surface area contributed by atoms with Crippen LogP contribution in [0, 0.1) is 5.92 Å². The number of rotatable bonds is 0. The van der Waals surface area contributed by atoms with Crippen molar-refractivity contribution < 1.29 is 4.74 Å². The van der Waals surface area contributed by atoms with E-state index in [1.54, 1.807) is 0 Å². The minimum absolute atomic E-state index is 0.198. The summed E-state index contributed by atoms with van der Waals surface area (Å²) in [5.41, 5.74) is 0.198. The number of hydrogen-bond donors (Lipinski definition) is 1. The zero-order valence-corrected chi connectivity index (χ0v) is 6.03. The Kier molecular flexibility index (Phi) is 2.20. The van der Waals surface area contributed by atoms with Crippen molar-refractivity contribution in [3.8, 4) is 0 Å². The minimum Gasteiger partial charge on any atom is -0.368 e. The van der Waals surface area contributed by atoms with E-state index in [1.807, 2.05) is 0 Å². The van der Waals surface area contributed by atoms with Gasteiger partial charge in [-0.15, -0.1) is 12.6 Å². The van der Waals surface area contributed by atoms with Crippen molar-refractivity contribution in [1.82, 2.24) is 0 Å². The summed E-state index contributed by atoms with van der Waals surface area (Å²) >= 11 is 4.23. The largest absolute Gasteiger partial charge is 0.368 e. The molecule has 0 aliphatic carbocycles. The summed E-state index contributed by atoms with van der Waals surface area (Å²) < 4.78 is 5.25. The zero-order valence-electron chi connectivity index (χ0n) is 5.13. The van der Waals surface area contributed by atoms with E-state index in [-0.39, 0.29) is 5.44 Å². The molecule has 1 rings (SSSR count). The van der Waals surface area contributed by atoms with Crippen LogP contribution in [0.2, 0.25) is 0 Å². The Hall–Kier alpha value is 0.310. The predicted molar refractivity (Wildman–Crippen MR) is 37.1 cm³/mol. The Bertz CT molecular complexity index is 64.9. The lowest BCUT2D eigenvalue weighted by Crippen LogP contribution is -2.21. The molecule has 1 aliphatic heterocycles. The van der Waals surface area contributed by atoms with E-state index >= 15 is 0 Å². The molecule has 0 aromatic rings. The average molecular weight is 132 g/mol. The molecule has 1 fully saturated rings. The molecule has 0 amide bonds. The molecule has 0 saturated carbocycles. The fourth-order valence-corrected chi connectivity index (χ4v) is 1.17. The summed E-state index contributed by atoms with van der Waals surface area (Å²) in [5, 5.41) is 0. The summed E-state index contributed by atoms with van der Waals surface area (Å²) in [6, 6.07) is 0. The molecule has 48 valence electrons. The number of hydrogen-bond acceptors (Lipinski definition) is 2. The molecule has 1 nitrogen and oxygen atoms in total. The Morgan fingerprint density at radius 2 is 2.38 bits per heavy atom. The molecule has 0 bridgehead atoms. The van der Waals surface area contributed by atoms with Crippen LogP contribution in [-0.4, -0.2) is 12.0 Å². The highest BCUT2D eigenvalue weighted by atomic mass is 32.1. The van der Waals surface area contributed by atoms with Crippen LogP contribution in [0.1, 0.15) is 19.8 Å². The Balaban J connectivity index is 2.28. The SMILES string of the molecule is C[C@H]1CCCOC1S. The van der Waals surface area contributed by atoms with Crippen molar-refractivity contribution in [3.63, 3.8) is 0 Å². The maximum absolute atomic E-state index is 5.25. The van der Waals surface area contributed by atoms with Gasteiger partial charge in [0.1, 0.15) is 5.44 Å². The van der Waals surface area contributed by atoms with Gasteiger partial charge in [0.05, 0.1) is 0 Å². The van der Waals surface area contributed by atoms with Gasteiger partial charge in [-0.3, -0.25) is 0 Å². The predicted octanol–water partition coefficient (Wildman–Crippen LogP) is 1.69. The van der Waals surface area contributed by atoms with Crippen LogP contribution in [-0.2, 0) is 4.74 Å². The maximum atomic E-state index is 5.25. The normalized spacial score (nSPS) is 39.8. The lowest BCUT2D eigenvalue weighted by molar-refractivity contribution is 0.0382. The molecule has 0 N–H and O–H groups in total. The van der Waals surface area contributed by atoms with E-state index in [1.165, 1.54) is 12.8 Å². The zero-order chi connectivity index (χ0) is 5.98. The molecule has 0 spiro atoms.